The fourth-order valence-corrected chi connectivity index (χ4v) is 3.52. The first-order valence-corrected chi connectivity index (χ1v) is 8.54. The van der Waals surface area contributed by atoms with Crippen LogP contribution in [0.15, 0.2) is 27.6 Å². The fraction of sp³-hybridized carbons (Fsp3) is 0.111. The molecule has 2 aromatic carbocycles. The van der Waals surface area contributed by atoms with Gasteiger partial charge in [0, 0.05) is 17.3 Å². The lowest BCUT2D eigenvalue weighted by Crippen LogP contribution is -2.21. The van der Waals surface area contributed by atoms with Crippen LogP contribution < -0.4 is 11.2 Å². The summed E-state index contributed by atoms with van der Waals surface area (Å²) in [5.74, 6) is -5.03. The number of aliphatic hydroxyl groups is 1. The molecule has 0 amide bonds. The van der Waals surface area contributed by atoms with Gasteiger partial charge in [-0.05, 0) is 35.0 Å². The summed E-state index contributed by atoms with van der Waals surface area (Å²) in [5.41, 5.74) is 3.07. The second-order valence-corrected chi connectivity index (χ2v) is 6.79. The Morgan fingerprint density at radius 3 is 2.46 bits per heavy atom. The summed E-state index contributed by atoms with van der Waals surface area (Å²) in [6, 6.07) is 2.03. The summed E-state index contributed by atoms with van der Waals surface area (Å²) in [6.45, 7) is 0.543. The van der Waals surface area contributed by atoms with Gasteiger partial charge < -0.3 is 20.5 Å². The molecular weight excluding hydrogens is 445 g/mol. The number of nitrogen functional groups attached to an aromatic ring is 1. The van der Waals surface area contributed by atoms with Crippen molar-refractivity contribution in [2.75, 3.05) is 5.73 Å². The zero-order valence-corrected chi connectivity index (χ0v) is 15.8. The first kappa shape index (κ1) is 19.9. The van der Waals surface area contributed by atoms with Crippen LogP contribution in [0, 0.1) is 24.4 Å². The predicted molar refractivity (Wildman–Crippen MR) is 99.2 cm³/mol. The van der Waals surface area contributed by atoms with Gasteiger partial charge in [-0.3, -0.25) is 4.79 Å². The highest BCUT2D eigenvalue weighted by Gasteiger charge is 2.25. The molecule has 0 fully saturated rings. The molecule has 0 bridgehead atoms. The van der Waals surface area contributed by atoms with Crippen molar-refractivity contribution in [1.82, 2.24) is 4.57 Å². The minimum absolute atomic E-state index is 0.00626. The summed E-state index contributed by atoms with van der Waals surface area (Å²) in [4.78, 5) is 24.2. The number of aryl methyl sites for hydroxylation is 1. The highest BCUT2D eigenvalue weighted by Crippen LogP contribution is 2.33. The predicted octanol–water partition coefficient (Wildman–Crippen LogP) is 3.25. The number of benzene rings is 2. The van der Waals surface area contributed by atoms with Gasteiger partial charge in [0.2, 0.25) is 5.43 Å². The van der Waals surface area contributed by atoms with Crippen molar-refractivity contribution in [2.45, 2.75) is 13.5 Å². The van der Waals surface area contributed by atoms with E-state index in [1.807, 2.05) is 0 Å². The lowest BCUT2D eigenvalue weighted by Gasteiger charge is -2.19. The van der Waals surface area contributed by atoms with E-state index in [1.165, 1.54) is 6.92 Å². The van der Waals surface area contributed by atoms with E-state index in [4.69, 9.17) is 5.73 Å². The smallest absolute Gasteiger partial charge is 0.341 e. The average molecular weight is 457 g/mol. The number of nitrogens with two attached hydrogens (primary N) is 1. The van der Waals surface area contributed by atoms with Gasteiger partial charge in [-0.25, -0.2) is 18.0 Å². The molecule has 28 heavy (non-hydrogen) atoms. The van der Waals surface area contributed by atoms with E-state index in [0.717, 1.165) is 22.9 Å². The Hall–Kier alpha value is -2.85. The van der Waals surface area contributed by atoms with Crippen LogP contribution in [0.4, 0.5) is 18.9 Å². The molecule has 3 aromatic rings. The van der Waals surface area contributed by atoms with Crippen LogP contribution in [0.1, 0.15) is 21.5 Å². The van der Waals surface area contributed by atoms with Crippen molar-refractivity contribution < 1.29 is 28.2 Å². The minimum Gasteiger partial charge on any atom is -0.477 e. The molecule has 0 saturated heterocycles. The number of hydrogen-bond donors (Lipinski definition) is 3. The second-order valence-electron chi connectivity index (χ2n) is 6.00. The molecule has 0 unspecified atom stereocenters. The van der Waals surface area contributed by atoms with Gasteiger partial charge in [0.05, 0.1) is 33.4 Å². The maximum atomic E-state index is 14.4. The Labute approximate surface area is 163 Å². The van der Waals surface area contributed by atoms with Crippen molar-refractivity contribution in [1.29, 1.82) is 0 Å². The number of aliphatic hydroxyl groups excluding tert-OH is 1. The van der Waals surface area contributed by atoms with Gasteiger partial charge >= 0.3 is 5.97 Å². The molecule has 6 nitrogen and oxygen atoms in total. The van der Waals surface area contributed by atoms with Gasteiger partial charge in [0.1, 0.15) is 11.4 Å². The molecule has 3 rings (SSSR count). The average Bonchev–Trinajstić information content (AvgIpc) is 2.65. The van der Waals surface area contributed by atoms with E-state index in [1.54, 1.807) is 0 Å². The number of hydrogen-bond acceptors (Lipinski definition) is 4. The number of fused-ring (bicyclic) bond motifs is 1. The van der Waals surface area contributed by atoms with Crippen LogP contribution in [0.3, 0.4) is 0 Å². The molecule has 0 radical (unpaired) electrons. The van der Waals surface area contributed by atoms with Crippen LogP contribution >= 0.6 is 15.9 Å². The lowest BCUT2D eigenvalue weighted by molar-refractivity contribution is 0.0695. The molecule has 0 aliphatic rings. The Morgan fingerprint density at radius 1 is 1.25 bits per heavy atom. The standard InChI is InChI=1S/C18H12BrF3N2O4/c1-6-14(21)15(22)13(19)12-16(6)24(4-8(17(12)26)18(27)28)11-3-10(23)9(20)2-7(11)5-25/h2-4,25H,5,23H2,1H3,(H,27,28). The topological polar surface area (TPSA) is 106 Å². The van der Waals surface area contributed by atoms with Crippen LogP contribution in [0.25, 0.3) is 16.6 Å². The highest BCUT2D eigenvalue weighted by molar-refractivity contribution is 9.10. The van der Waals surface area contributed by atoms with Gasteiger partial charge in [-0.15, -0.1) is 0 Å². The number of carbonyl (C=O) groups is 1. The highest BCUT2D eigenvalue weighted by atomic mass is 79.9. The third-order valence-electron chi connectivity index (χ3n) is 4.36. The monoisotopic (exact) mass is 456 g/mol. The SMILES string of the molecule is Cc1c(F)c(F)c(Br)c2c(=O)c(C(=O)O)cn(-c3cc(N)c(F)cc3CO)c12. The molecule has 1 aromatic heterocycles. The fourth-order valence-electron chi connectivity index (χ4n) is 2.97. The normalized spacial score (nSPS) is 11.2. The Balaban J connectivity index is 2.65. The maximum Gasteiger partial charge on any atom is 0.341 e. The van der Waals surface area contributed by atoms with Crippen LogP contribution in [0.5, 0.6) is 0 Å². The summed E-state index contributed by atoms with van der Waals surface area (Å²) < 4.78 is 42.9. The number of nitrogens with zero attached hydrogens (tertiary/aromatic N) is 1. The van der Waals surface area contributed by atoms with Crippen LogP contribution in [-0.4, -0.2) is 20.7 Å². The summed E-state index contributed by atoms with van der Waals surface area (Å²) in [7, 11) is 0. The number of carboxylic acid groups (broad SMARTS) is 1. The molecule has 0 spiro atoms. The van der Waals surface area contributed by atoms with Gasteiger partial charge in [0.25, 0.3) is 0 Å². The van der Waals surface area contributed by atoms with Crippen molar-refractivity contribution in [3.8, 4) is 5.69 Å². The number of rotatable bonds is 3. The third kappa shape index (κ3) is 2.85. The quantitative estimate of drug-likeness (QED) is 0.414. The second kappa shape index (κ2) is 6.95. The van der Waals surface area contributed by atoms with Gasteiger partial charge in [-0.2, -0.15) is 0 Å². The van der Waals surface area contributed by atoms with E-state index in [2.05, 4.69) is 15.9 Å². The molecule has 10 heteroatoms. The third-order valence-corrected chi connectivity index (χ3v) is 5.10. The number of carboxylic acids is 1. The number of anilines is 1. The molecule has 146 valence electrons. The largest absolute Gasteiger partial charge is 0.477 e. The Kier molecular flexibility index (Phi) is 4.94. The molecule has 4 N–H and O–H groups in total. The van der Waals surface area contributed by atoms with Gasteiger partial charge in [0.15, 0.2) is 11.6 Å². The Bertz CT molecular complexity index is 1220. The Morgan fingerprint density at radius 2 is 1.89 bits per heavy atom. The van der Waals surface area contributed by atoms with Crippen molar-refractivity contribution in [3.63, 3.8) is 0 Å². The summed E-state index contributed by atoms with van der Waals surface area (Å²) >= 11 is 2.81. The van der Waals surface area contributed by atoms with Gasteiger partial charge in [-0.1, -0.05) is 0 Å². The minimum atomic E-state index is -1.60. The first-order valence-electron chi connectivity index (χ1n) is 7.75. The lowest BCUT2D eigenvalue weighted by atomic mass is 10.0. The summed E-state index contributed by atoms with van der Waals surface area (Å²) in [6.07, 6.45) is 0.898. The van der Waals surface area contributed by atoms with Crippen molar-refractivity contribution in [2.24, 2.45) is 0 Å². The molecule has 0 saturated carbocycles. The number of aromatic nitrogens is 1. The van der Waals surface area contributed by atoms with Crippen molar-refractivity contribution >= 4 is 38.5 Å². The first-order chi connectivity index (χ1) is 13.1. The van der Waals surface area contributed by atoms with Crippen LogP contribution in [0.2, 0.25) is 0 Å². The number of aromatic carboxylic acids is 1. The maximum absolute atomic E-state index is 14.4. The molecule has 1 heterocycles. The number of pyridine rings is 1. The van der Waals surface area contributed by atoms with Crippen molar-refractivity contribution in [3.05, 3.63) is 67.2 Å². The molecule has 0 atom stereocenters. The van der Waals surface area contributed by atoms with Crippen LogP contribution in [-0.2, 0) is 6.61 Å². The van der Waals surface area contributed by atoms with E-state index in [0.29, 0.717) is 0 Å². The molecule has 0 aliphatic heterocycles. The van der Waals surface area contributed by atoms with E-state index >= 15 is 0 Å². The van der Waals surface area contributed by atoms with E-state index in [-0.39, 0.29) is 28.0 Å². The zero-order valence-electron chi connectivity index (χ0n) is 14.2. The number of halogens is 4. The summed E-state index contributed by atoms with van der Waals surface area (Å²) in [5, 5.41) is 18.5. The molecular formula is C18H12BrF3N2O4. The van der Waals surface area contributed by atoms with E-state index in [9.17, 15) is 33.0 Å². The molecule has 0 aliphatic carbocycles. The zero-order chi connectivity index (χ0) is 20.9. The van der Waals surface area contributed by atoms with E-state index < -0.39 is 50.9 Å².